The molecular formula is C9H6F2O. The molecule has 3 heteroatoms. The van der Waals surface area contributed by atoms with Gasteiger partial charge in [-0.1, -0.05) is 12.7 Å². The van der Waals surface area contributed by atoms with Crippen LogP contribution < -0.4 is 0 Å². The number of rotatable bonds is 2. The van der Waals surface area contributed by atoms with Crippen molar-refractivity contribution in [3.63, 3.8) is 0 Å². The molecule has 0 heterocycles. The van der Waals surface area contributed by atoms with Gasteiger partial charge in [-0.2, -0.15) is 0 Å². The van der Waals surface area contributed by atoms with Gasteiger partial charge in [-0.3, -0.25) is 4.79 Å². The average Bonchev–Trinajstić information content (AvgIpc) is 2.03. The normalized spacial score (nSPS) is 9.50. The third kappa shape index (κ3) is 1.39. The number of benzene rings is 1. The van der Waals surface area contributed by atoms with Crippen molar-refractivity contribution >= 4 is 12.4 Å². The molecule has 0 aromatic heterocycles. The van der Waals surface area contributed by atoms with E-state index in [1.54, 1.807) is 0 Å². The first-order valence-electron chi connectivity index (χ1n) is 3.25. The molecule has 1 nitrogen and oxygen atoms in total. The van der Waals surface area contributed by atoms with Crippen LogP contribution in [-0.4, -0.2) is 6.29 Å². The van der Waals surface area contributed by atoms with Crippen molar-refractivity contribution in [3.05, 3.63) is 41.5 Å². The van der Waals surface area contributed by atoms with E-state index < -0.39 is 11.6 Å². The van der Waals surface area contributed by atoms with E-state index in [1.807, 2.05) is 0 Å². The van der Waals surface area contributed by atoms with Gasteiger partial charge in [0.25, 0.3) is 0 Å². The van der Waals surface area contributed by atoms with Gasteiger partial charge in [-0.05, 0) is 6.07 Å². The van der Waals surface area contributed by atoms with Gasteiger partial charge in [0.1, 0.15) is 11.6 Å². The van der Waals surface area contributed by atoms with Crippen molar-refractivity contribution in [2.45, 2.75) is 0 Å². The summed E-state index contributed by atoms with van der Waals surface area (Å²) >= 11 is 0. The van der Waals surface area contributed by atoms with E-state index in [1.165, 1.54) is 6.08 Å². The molecule has 0 radical (unpaired) electrons. The third-order valence-corrected chi connectivity index (χ3v) is 1.46. The molecule has 0 bridgehead atoms. The Labute approximate surface area is 68.3 Å². The summed E-state index contributed by atoms with van der Waals surface area (Å²) in [6, 6.07) is 1.68. The molecule has 0 fully saturated rings. The first kappa shape index (κ1) is 8.59. The predicted molar refractivity (Wildman–Crippen MR) is 41.8 cm³/mol. The highest BCUT2D eigenvalue weighted by Gasteiger charge is 2.06. The Hall–Kier alpha value is -1.51. The maximum atomic E-state index is 12.8. The molecule has 62 valence electrons. The minimum atomic E-state index is -0.771. The van der Waals surface area contributed by atoms with Crippen LogP contribution in [0.4, 0.5) is 8.78 Å². The second-order valence-corrected chi connectivity index (χ2v) is 2.21. The van der Waals surface area contributed by atoms with E-state index in [-0.39, 0.29) is 11.1 Å². The molecular weight excluding hydrogens is 162 g/mol. The minimum Gasteiger partial charge on any atom is -0.298 e. The molecule has 0 aliphatic carbocycles. The molecule has 0 atom stereocenters. The fourth-order valence-electron chi connectivity index (χ4n) is 0.918. The van der Waals surface area contributed by atoms with Crippen molar-refractivity contribution in [2.24, 2.45) is 0 Å². The van der Waals surface area contributed by atoms with Gasteiger partial charge < -0.3 is 0 Å². The Bertz CT molecular complexity index is 332. The van der Waals surface area contributed by atoms with E-state index in [2.05, 4.69) is 6.58 Å². The fourth-order valence-corrected chi connectivity index (χ4v) is 0.918. The van der Waals surface area contributed by atoms with Crippen molar-refractivity contribution in [1.82, 2.24) is 0 Å². The van der Waals surface area contributed by atoms with Crippen molar-refractivity contribution in [1.29, 1.82) is 0 Å². The molecule has 0 saturated heterocycles. The van der Waals surface area contributed by atoms with E-state index in [9.17, 15) is 13.6 Å². The largest absolute Gasteiger partial charge is 0.298 e. The molecule has 1 aromatic carbocycles. The molecule has 0 aliphatic heterocycles. The van der Waals surface area contributed by atoms with Crippen molar-refractivity contribution < 1.29 is 13.6 Å². The number of aldehydes is 1. The first-order valence-corrected chi connectivity index (χ1v) is 3.25. The summed E-state index contributed by atoms with van der Waals surface area (Å²) in [4.78, 5) is 10.3. The molecule has 1 rings (SSSR count). The van der Waals surface area contributed by atoms with Crippen LogP contribution in [0.25, 0.3) is 6.08 Å². The first-order chi connectivity index (χ1) is 5.69. The van der Waals surface area contributed by atoms with Crippen LogP contribution in [0, 0.1) is 11.6 Å². The lowest BCUT2D eigenvalue weighted by Crippen LogP contribution is -1.92. The topological polar surface area (TPSA) is 17.1 Å². The summed E-state index contributed by atoms with van der Waals surface area (Å²) < 4.78 is 25.3. The van der Waals surface area contributed by atoms with Crippen LogP contribution in [0.3, 0.4) is 0 Å². The zero-order chi connectivity index (χ0) is 9.14. The van der Waals surface area contributed by atoms with Gasteiger partial charge in [-0.15, -0.1) is 0 Å². The highest BCUT2D eigenvalue weighted by molar-refractivity contribution is 5.81. The summed E-state index contributed by atoms with van der Waals surface area (Å²) in [6.07, 6.45) is 1.57. The lowest BCUT2D eigenvalue weighted by molar-refractivity contribution is 0.112. The van der Waals surface area contributed by atoms with Crippen molar-refractivity contribution in [3.8, 4) is 0 Å². The Morgan fingerprint density at radius 2 is 2.00 bits per heavy atom. The van der Waals surface area contributed by atoms with E-state index in [0.29, 0.717) is 12.4 Å². The number of halogens is 2. The van der Waals surface area contributed by atoms with Crippen LogP contribution in [0.15, 0.2) is 18.7 Å². The summed E-state index contributed by atoms with van der Waals surface area (Å²) in [5.74, 6) is -1.53. The van der Waals surface area contributed by atoms with Crippen LogP contribution in [-0.2, 0) is 0 Å². The molecule has 0 aliphatic rings. The zero-order valence-corrected chi connectivity index (χ0v) is 6.18. The zero-order valence-electron chi connectivity index (χ0n) is 6.18. The van der Waals surface area contributed by atoms with Crippen molar-refractivity contribution in [2.75, 3.05) is 0 Å². The highest BCUT2D eigenvalue weighted by Crippen LogP contribution is 2.15. The summed E-state index contributed by atoms with van der Waals surface area (Å²) in [5, 5.41) is 0. The van der Waals surface area contributed by atoms with Crippen LogP contribution in [0.1, 0.15) is 15.9 Å². The van der Waals surface area contributed by atoms with Gasteiger partial charge >= 0.3 is 0 Å². The predicted octanol–water partition coefficient (Wildman–Crippen LogP) is 2.42. The lowest BCUT2D eigenvalue weighted by atomic mass is 10.1. The van der Waals surface area contributed by atoms with Gasteiger partial charge in [0, 0.05) is 17.2 Å². The quantitative estimate of drug-likeness (QED) is 0.620. The summed E-state index contributed by atoms with van der Waals surface area (Å²) in [5.41, 5.74) is 0.00824. The standard InChI is InChI=1S/C9H6F2O/c1-2-8-6(5-12)3-7(10)4-9(8)11/h2-5H,1H2. The molecule has 1 aromatic rings. The molecule has 0 amide bonds. The minimum absolute atomic E-state index is 0.0255. The van der Waals surface area contributed by atoms with Gasteiger partial charge in [-0.25, -0.2) is 8.78 Å². The maximum Gasteiger partial charge on any atom is 0.150 e. The summed E-state index contributed by atoms with van der Waals surface area (Å²) in [7, 11) is 0. The van der Waals surface area contributed by atoms with E-state index >= 15 is 0 Å². The Morgan fingerprint density at radius 3 is 2.50 bits per heavy atom. The molecule has 0 spiro atoms. The Balaban J connectivity index is 3.43. The highest BCUT2D eigenvalue weighted by atomic mass is 19.1. The van der Waals surface area contributed by atoms with Gasteiger partial charge in [0.05, 0.1) is 0 Å². The molecule has 0 N–H and O–H groups in total. The van der Waals surface area contributed by atoms with E-state index in [4.69, 9.17) is 0 Å². The Morgan fingerprint density at radius 1 is 1.33 bits per heavy atom. The second-order valence-electron chi connectivity index (χ2n) is 2.21. The maximum absolute atomic E-state index is 12.8. The SMILES string of the molecule is C=Cc1c(F)cc(F)cc1C=O. The number of hydrogen-bond acceptors (Lipinski definition) is 1. The van der Waals surface area contributed by atoms with Gasteiger partial charge in [0.2, 0.25) is 0 Å². The van der Waals surface area contributed by atoms with Crippen LogP contribution in [0.2, 0.25) is 0 Å². The summed E-state index contributed by atoms with van der Waals surface area (Å²) in [6.45, 7) is 3.31. The molecule has 0 unspecified atom stereocenters. The fraction of sp³-hybridized carbons (Fsp3) is 0. The van der Waals surface area contributed by atoms with Gasteiger partial charge in [0.15, 0.2) is 6.29 Å². The van der Waals surface area contributed by atoms with Crippen LogP contribution in [0.5, 0.6) is 0 Å². The smallest absolute Gasteiger partial charge is 0.150 e. The third-order valence-electron chi connectivity index (χ3n) is 1.46. The molecule has 12 heavy (non-hydrogen) atoms. The number of hydrogen-bond donors (Lipinski definition) is 0. The monoisotopic (exact) mass is 168 g/mol. The number of carbonyl (C=O) groups excluding carboxylic acids is 1. The van der Waals surface area contributed by atoms with E-state index in [0.717, 1.165) is 6.07 Å². The average molecular weight is 168 g/mol. The van der Waals surface area contributed by atoms with Crippen LogP contribution >= 0.6 is 0 Å². The second kappa shape index (κ2) is 3.26. The molecule has 0 saturated carbocycles. The lowest BCUT2D eigenvalue weighted by Gasteiger charge is -1.99. The number of carbonyl (C=O) groups is 1. The Kier molecular flexibility index (Phi) is 2.33.